The summed E-state index contributed by atoms with van der Waals surface area (Å²) in [6.07, 6.45) is 1.66. The maximum atomic E-state index is 12.6. The van der Waals surface area contributed by atoms with Gasteiger partial charge in [0.15, 0.2) is 0 Å². The molecule has 2 heterocycles. The van der Waals surface area contributed by atoms with Gasteiger partial charge in [0.25, 0.3) is 5.91 Å². The first-order valence-corrected chi connectivity index (χ1v) is 10.1. The summed E-state index contributed by atoms with van der Waals surface area (Å²) in [5, 5.41) is 2.93. The maximum Gasteiger partial charge on any atom is 0.274 e. The number of anilines is 3. The smallest absolute Gasteiger partial charge is 0.274 e. The second-order valence-corrected chi connectivity index (χ2v) is 6.84. The van der Waals surface area contributed by atoms with E-state index < -0.39 is 0 Å². The Bertz CT molecular complexity index is 767. The minimum Gasteiger partial charge on any atom is -0.372 e. The Hall–Kier alpha value is -2.67. The van der Waals surface area contributed by atoms with E-state index in [9.17, 15) is 4.79 Å². The third-order valence-corrected chi connectivity index (χ3v) is 5.23. The van der Waals surface area contributed by atoms with Gasteiger partial charge in [0.05, 0.1) is 0 Å². The van der Waals surface area contributed by atoms with Gasteiger partial charge in [-0.3, -0.25) is 4.79 Å². The predicted molar refractivity (Wildman–Crippen MR) is 114 cm³/mol. The molecule has 1 amide bonds. The van der Waals surface area contributed by atoms with Gasteiger partial charge in [0, 0.05) is 56.8 Å². The van der Waals surface area contributed by atoms with Gasteiger partial charge in [-0.25, -0.2) is 9.97 Å². The molecule has 7 nitrogen and oxygen atoms in total. The number of rotatable bonds is 7. The summed E-state index contributed by atoms with van der Waals surface area (Å²) in [5.41, 5.74) is 2.30. The molecule has 1 saturated heterocycles. The number of hydrogen-bond donors (Lipinski definition) is 1. The highest BCUT2D eigenvalue weighted by Crippen LogP contribution is 2.18. The monoisotopic (exact) mass is 382 g/mol. The van der Waals surface area contributed by atoms with Gasteiger partial charge >= 0.3 is 0 Å². The van der Waals surface area contributed by atoms with Crippen LogP contribution in [0.25, 0.3) is 0 Å². The zero-order valence-electron chi connectivity index (χ0n) is 17.1. The number of nitrogens with zero attached hydrogens (tertiary/aromatic N) is 5. The maximum absolute atomic E-state index is 12.6. The van der Waals surface area contributed by atoms with E-state index in [4.69, 9.17) is 0 Å². The van der Waals surface area contributed by atoms with Crippen molar-refractivity contribution in [3.63, 3.8) is 0 Å². The predicted octanol–water partition coefficient (Wildman–Crippen LogP) is 2.72. The molecule has 3 rings (SSSR count). The average molecular weight is 383 g/mol. The SMILES string of the molecule is CCN1CCN(c2nccc(C(=O)Nc3ccc(N(CC)CC)cc3)n2)CC1. The van der Waals surface area contributed by atoms with Crippen LogP contribution in [0.2, 0.25) is 0 Å². The van der Waals surface area contributed by atoms with E-state index in [1.54, 1.807) is 12.3 Å². The first kappa shape index (κ1) is 20.1. The van der Waals surface area contributed by atoms with Gasteiger partial charge in [-0.2, -0.15) is 0 Å². The Labute approximate surface area is 167 Å². The quantitative estimate of drug-likeness (QED) is 0.794. The lowest BCUT2D eigenvalue weighted by atomic mass is 10.2. The lowest BCUT2D eigenvalue weighted by molar-refractivity contribution is 0.102. The van der Waals surface area contributed by atoms with E-state index in [0.717, 1.165) is 57.2 Å². The van der Waals surface area contributed by atoms with E-state index in [2.05, 4.69) is 50.8 Å². The molecular weight excluding hydrogens is 352 g/mol. The van der Waals surface area contributed by atoms with Crippen LogP contribution in [0.1, 0.15) is 31.3 Å². The van der Waals surface area contributed by atoms with Crippen LogP contribution in [-0.4, -0.2) is 66.6 Å². The molecule has 2 aromatic rings. The first-order valence-electron chi connectivity index (χ1n) is 10.1. The second-order valence-electron chi connectivity index (χ2n) is 6.84. The van der Waals surface area contributed by atoms with Crippen LogP contribution in [0, 0.1) is 0 Å². The average Bonchev–Trinajstić information content (AvgIpc) is 2.76. The molecule has 7 heteroatoms. The second kappa shape index (κ2) is 9.50. The molecule has 1 aromatic heterocycles. The van der Waals surface area contributed by atoms with Crippen molar-refractivity contribution in [2.45, 2.75) is 20.8 Å². The van der Waals surface area contributed by atoms with Gasteiger partial charge in [-0.05, 0) is 50.7 Å². The van der Waals surface area contributed by atoms with E-state index in [0.29, 0.717) is 11.6 Å². The molecule has 150 valence electrons. The number of carbonyl (C=O) groups excluding carboxylic acids is 1. The molecule has 0 unspecified atom stereocenters. The Morgan fingerprint density at radius 2 is 1.71 bits per heavy atom. The summed E-state index contributed by atoms with van der Waals surface area (Å²) in [5.74, 6) is 0.409. The highest BCUT2D eigenvalue weighted by Gasteiger charge is 2.19. The zero-order valence-corrected chi connectivity index (χ0v) is 17.1. The first-order chi connectivity index (χ1) is 13.6. The number of carbonyl (C=O) groups is 1. The van der Waals surface area contributed by atoms with Crippen LogP contribution < -0.4 is 15.1 Å². The number of nitrogens with one attached hydrogen (secondary N) is 1. The molecule has 1 fully saturated rings. The van der Waals surface area contributed by atoms with Crippen molar-refractivity contribution in [1.82, 2.24) is 14.9 Å². The number of hydrogen-bond acceptors (Lipinski definition) is 6. The molecule has 28 heavy (non-hydrogen) atoms. The van der Waals surface area contributed by atoms with Crippen LogP contribution in [0.5, 0.6) is 0 Å². The molecule has 1 N–H and O–H groups in total. The minimum atomic E-state index is -0.216. The summed E-state index contributed by atoms with van der Waals surface area (Å²) in [7, 11) is 0. The Morgan fingerprint density at radius 1 is 1.04 bits per heavy atom. The van der Waals surface area contributed by atoms with Crippen LogP contribution in [-0.2, 0) is 0 Å². The van der Waals surface area contributed by atoms with Gasteiger partial charge in [0.2, 0.25) is 5.95 Å². The van der Waals surface area contributed by atoms with Crippen LogP contribution in [0.3, 0.4) is 0 Å². The van der Waals surface area contributed by atoms with Crippen molar-refractivity contribution in [3.05, 3.63) is 42.2 Å². The molecule has 0 bridgehead atoms. The number of benzene rings is 1. The van der Waals surface area contributed by atoms with Crippen LogP contribution in [0.15, 0.2) is 36.5 Å². The molecule has 1 aliphatic heterocycles. The lowest BCUT2D eigenvalue weighted by Gasteiger charge is -2.34. The Balaban J connectivity index is 1.65. The topological polar surface area (TPSA) is 64.6 Å². The van der Waals surface area contributed by atoms with Crippen molar-refractivity contribution in [2.75, 3.05) is 60.9 Å². The number of likely N-dealkylation sites (N-methyl/N-ethyl adjacent to an activating group) is 1. The molecule has 1 aliphatic rings. The number of aromatic nitrogens is 2. The Kier molecular flexibility index (Phi) is 6.81. The van der Waals surface area contributed by atoms with Crippen LogP contribution >= 0.6 is 0 Å². The van der Waals surface area contributed by atoms with E-state index in [-0.39, 0.29) is 5.91 Å². The lowest BCUT2D eigenvalue weighted by Crippen LogP contribution is -2.46. The van der Waals surface area contributed by atoms with Crippen molar-refractivity contribution in [1.29, 1.82) is 0 Å². The molecule has 0 spiro atoms. The van der Waals surface area contributed by atoms with Crippen molar-refractivity contribution < 1.29 is 4.79 Å². The normalized spacial score (nSPS) is 14.8. The molecule has 0 atom stereocenters. The number of piperazine rings is 1. The standard InChI is InChI=1S/C21H30N6O/c1-4-25-13-15-27(16-14-25)21-22-12-11-19(24-21)20(28)23-17-7-9-18(10-8-17)26(5-2)6-3/h7-12H,4-6,13-16H2,1-3H3,(H,23,28). The fraction of sp³-hybridized carbons (Fsp3) is 0.476. The van der Waals surface area contributed by atoms with E-state index in [1.807, 2.05) is 24.3 Å². The van der Waals surface area contributed by atoms with Gasteiger partial charge in [-0.1, -0.05) is 6.92 Å². The van der Waals surface area contributed by atoms with E-state index in [1.165, 1.54) is 0 Å². The van der Waals surface area contributed by atoms with Gasteiger partial charge in [-0.15, -0.1) is 0 Å². The van der Waals surface area contributed by atoms with Crippen LogP contribution in [0.4, 0.5) is 17.3 Å². The summed E-state index contributed by atoms with van der Waals surface area (Å²) in [6.45, 7) is 13.2. The summed E-state index contributed by atoms with van der Waals surface area (Å²) in [4.78, 5) is 28.3. The summed E-state index contributed by atoms with van der Waals surface area (Å²) < 4.78 is 0. The molecule has 0 radical (unpaired) electrons. The van der Waals surface area contributed by atoms with Gasteiger partial charge < -0.3 is 20.0 Å². The summed E-state index contributed by atoms with van der Waals surface area (Å²) >= 11 is 0. The summed E-state index contributed by atoms with van der Waals surface area (Å²) in [6, 6.07) is 9.57. The zero-order chi connectivity index (χ0) is 19.9. The highest BCUT2D eigenvalue weighted by atomic mass is 16.1. The third-order valence-electron chi connectivity index (χ3n) is 5.23. The van der Waals surface area contributed by atoms with Crippen molar-refractivity contribution in [2.24, 2.45) is 0 Å². The molecular formula is C21H30N6O. The fourth-order valence-electron chi connectivity index (χ4n) is 3.43. The van der Waals surface area contributed by atoms with E-state index >= 15 is 0 Å². The molecule has 0 saturated carbocycles. The van der Waals surface area contributed by atoms with Crippen molar-refractivity contribution in [3.8, 4) is 0 Å². The highest BCUT2D eigenvalue weighted by molar-refractivity contribution is 6.03. The van der Waals surface area contributed by atoms with Gasteiger partial charge in [0.1, 0.15) is 5.69 Å². The minimum absolute atomic E-state index is 0.216. The Morgan fingerprint density at radius 3 is 2.32 bits per heavy atom. The number of amides is 1. The molecule has 0 aliphatic carbocycles. The largest absolute Gasteiger partial charge is 0.372 e. The molecule has 1 aromatic carbocycles. The fourth-order valence-corrected chi connectivity index (χ4v) is 3.43. The third kappa shape index (κ3) is 4.78. The van der Waals surface area contributed by atoms with Crippen molar-refractivity contribution >= 4 is 23.2 Å².